The van der Waals surface area contributed by atoms with Gasteiger partial charge in [0.1, 0.15) is 11.3 Å². The quantitative estimate of drug-likeness (QED) is 0.671. The smallest absolute Gasteiger partial charge is 0.452 e. The SMILES string of the molecule is O=C(OCc1nc2ccccc2o1)c1ccc(OC(F)(F)F)cc1. The number of rotatable bonds is 4. The molecule has 3 aromatic rings. The van der Waals surface area contributed by atoms with E-state index in [1.807, 2.05) is 0 Å². The number of ether oxygens (including phenoxy) is 2. The van der Waals surface area contributed by atoms with Crippen LogP contribution in [0.15, 0.2) is 52.9 Å². The number of oxazole rings is 1. The predicted octanol–water partition coefficient (Wildman–Crippen LogP) is 4.08. The molecule has 0 saturated carbocycles. The van der Waals surface area contributed by atoms with E-state index in [0.717, 1.165) is 12.1 Å². The van der Waals surface area contributed by atoms with Crippen LogP contribution in [0.2, 0.25) is 0 Å². The van der Waals surface area contributed by atoms with E-state index in [1.54, 1.807) is 24.3 Å². The van der Waals surface area contributed by atoms with Crippen molar-refractivity contribution in [3.05, 3.63) is 60.0 Å². The van der Waals surface area contributed by atoms with E-state index >= 15 is 0 Å². The lowest BCUT2D eigenvalue weighted by Gasteiger charge is -2.09. The van der Waals surface area contributed by atoms with Crippen molar-refractivity contribution in [3.8, 4) is 5.75 Å². The largest absolute Gasteiger partial charge is 0.573 e. The molecule has 0 spiro atoms. The molecule has 1 aromatic heterocycles. The average molecular weight is 337 g/mol. The Labute approximate surface area is 133 Å². The predicted molar refractivity (Wildman–Crippen MR) is 76.3 cm³/mol. The van der Waals surface area contributed by atoms with Gasteiger partial charge in [-0.05, 0) is 36.4 Å². The van der Waals surface area contributed by atoms with Crippen LogP contribution in [0.1, 0.15) is 16.2 Å². The van der Waals surface area contributed by atoms with E-state index in [9.17, 15) is 18.0 Å². The fourth-order valence-corrected chi connectivity index (χ4v) is 1.98. The van der Waals surface area contributed by atoms with Gasteiger partial charge in [0.2, 0.25) is 5.89 Å². The van der Waals surface area contributed by atoms with Gasteiger partial charge in [0.15, 0.2) is 12.2 Å². The Morgan fingerprint density at radius 3 is 2.46 bits per heavy atom. The molecule has 0 amide bonds. The number of fused-ring (bicyclic) bond motifs is 1. The summed E-state index contributed by atoms with van der Waals surface area (Å²) in [6.07, 6.45) is -4.78. The van der Waals surface area contributed by atoms with Crippen molar-refractivity contribution >= 4 is 17.1 Å². The molecule has 0 aliphatic heterocycles. The van der Waals surface area contributed by atoms with Gasteiger partial charge < -0.3 is 13.9 Å². The van der Waals surface area contributed by atoms with Gasteiger partial charge in [0.05, 0.1) is 5.56 Å². The van der Waals surface area contributed by atoms with Crippen molar-refractivity contribution in [2.75, 3.05) is 0 Å². The van der Waals surface area contributed by atoms with Crippen LogP contribution in [0, 0.1) is 0 Å². The summed E-state index contributed by atoms with van der Waals surface area (Å²) < 4.78 is 50.3. The first-order valence-electron chi connectivity index (χ1n) is 6.78. The zero-order valence-corrected chi connectivity index (χ0v) is 12.0. The molecule has 0 unspecified atom stereocenters. The monoisotopic (exact) mass is 337 g/mol. The number of carbonyl (C=O) groups is 1. The van der Waals surface area contributed by atoms with E-state index < -0.39 is 18.1 Å². The molecule has 124 valence electrons. The van der Waals surface area contributed by atoms with E-state index in [-0.39, 0.29) is 18.1 Å². The fourth-order valence-electron chi connectivity index (χ4n) is 1.98. The highest BCUT2D eigenvalue weighted by Gasteiger charge is 2.31. The fraction of sp³-hybridized carbons (Fsp3) is 0.125. The zero-order valence-electron chi connectivity index (χ0n) is 12.0. The van der Waals surface area contributed by atoms with Gasteiger partial charge in [0.25, 0.3) is 0 Å². The molecule has 24 heavy (non-hydrogen) atoms. The maximum absolute atomic E-state index is 12.1. The number of hydrogen-bond donors (Lipinski definition) is 0. The number of halogens is 3. The highest BCUT2D eigenvalue weighted by Crippen LogP contribution is 2.23. The van der Waals surface area contributed by atoms with E-state index in [4.69, 9.17) is 9.15 Å². The molecule has 2 aromatic carbocycles. The molecular weight excluding hydrogens is 327 g/mol. The van der Waals surface area contributed by atoms with E-state index in [2.05, 4.69) is 9.72 Å². The standard InChI is InChI=1S/C16H10F3NO4/c17-16(18,19)24-11-7-5-10(6-8-11)15(21)22-9-14-20-12-3-1-2-4-13(12)23-14/h1-8H,9H2. The molecule has 5 nitrogen and oxygen atoms in total. The summed E-state index contributed by atoms with van der Waals surface area (Å²) in [6, 6.07) is 11.5. The van der Waals surface area contributed by atoms with Crippen LogP contribution in [0.5, 0.6) is 5.75 Å². The molecular formula is C16H10F3NO4. The first-order chi connectivity index (χ1) is 11.4. The molecule has 0 N–H and O–H groups in total. The molecule has 1 heterocycles. The van der Waals surface area contributed by atoms with Crippen LogP contribution in [-0.4, -0.2) is 17.3 Å². The van der Waals surface area contributed by atoms with Crippen molar-refractivity contribution in [1.82, 2.24) is 4.98 Å². The third kappa shape index (κ3) is 3.83. The van der Waals surface area contributed by atoms with Crippen LogP contribution in [0.3, 0.4) is 0 Å². The Morgan fingerprint density at radius 1 is 1.08 bits per heavy atom. The van der Waals surface area contributed by atoms with Gasteiger partial charge in [-0.25, -0.2) is 9.78 Å². The molecule has 8 heteroatoms. The first-order valence-corrected chi connectivity index (χ1v) is 6.78. The summed E-state index contributed by atoms with van der Waals surface area (Å²) >= 11 is 0. The number of alkyl halides is 3. The summed E-state index contributed by atoms with van der Waals surface area (Å²) in [5, 5.41) is 0. The van der Waals surface area contributed by atoms with Gasteiger partial charge in [-0.1, -0.05) is 12.1 Å². The van der Waals surface area contributed by atoms with E-state index in [0.29, 0.717) is 11.1 Å². The molecule has 0 fully saturated rings. The van der Waals surface area contributed by atoms with Crippen LogP contribution >= 0.6 is 0 Å². The summed E-state index contributed by atoms with van der Waals surface area (Å²) in [5.41, 5.74) is 1.29. The van der Waals surface area contributed by atoms with Crippen molar-refractivity contribution in [1.29, 1.82) is 0 Å². The van der Waals surface area contributed by atoms with Crippen molar-refractivity contribution in [3.63, 3.8) is 0 Å². The van der Waals surface area contributed by atoms with Gasteiger partial charge in [-0.15, -0.1) is 13.2 Å². The lowest BCUT2D eigenvalue weighted by molar-refractivity contribution is -0.274. The van der Waals surface area contributed by atoms with Crippen LogP contribution in [0.25, 0.3) is 11.1 Å². The molecule has 0 atom stereocenters. The van der Waals surface area contributed by atoms with Crippen molar-refractivity contribution in [2.24, 2.45) is 0 Å². The second kappa shape index (κ2) is 6.23. The Hall–Kier alpha value is -3.03. The molecule has 0 aliphatic carbocycles. The van der Waals surface area contributed by atoms with Gasteiger partial charge in [0, 0.05) is 0 Å². The van der Waals surface area contributed by atoms with Crippen LogP contribution < -0.4 is 4.74 Å². The summed E-state index contributed by atoms with van der Waals surface area (Å²) in [4.78, 5) is 16.0. The Kier molecular flexibility index (Phi) is 4.11. The molecule has 0 aliphatic rings. The average Bonchev–Trinajstić information content (AvgIpc) is 2.94. The van der Waals surface area contributed by atoms with Gasteiger partial charge >= 0.3 is 12.3 Å². The first kappa shape index (κ1) is 15.9. The second-order valence-electron chi connectivity index (χ2n) is 4.72. The summed E-state index contributed by atoms with van der Waals surface area (Å²) in [5.74, 6) is -0.907. The Balaban J connectivity index is 1.62. The molecule has 0 bridgehead atoms. The maximum atomic E-state index is 12.1. The number of para-hydroxylation sites is 2. The number of carbonyl (C=O) groups excluding carboxylic acids is 1. The molecule has 0 radical (unpaired) electrons. The van der Waals surface area contributed by atoms with Crippen LogP contribution in [-0.2, 0) is 11.3 Å². The normalized spacial score (nSPS) is 11.5. The number of benzene rings is 2. The minimum atomic E-state index is -4.78. The summed E-state index contributed by atoms with van der Waals surface area (Å²) in [7, 11) is 0. The number of hydrogen-bond acceptors (Lipinski definition) is 5. The minimum absolute atomic E-state index is 0.0839. The number of esters is 1. The Morgan fingerprint density at radius 2 is 1.79 bits per heavy atom. The van der Waals surface area contributed by atoms with Gasteiger partial charge in [-0.3, -0.25) is 0 Å². The highest BCUT2D eigenvalue weighted by atomic mass is 19.4. The maximum Gasteiger partial charge on any atom is 0.573 e. The molecule has 0 saturated heterocycles. The second-order valence-corrected chi connectivity index (χ2v) is 4.72. The van der Waals surface area contributed by atoms with E-state index in [1.165, 1.54) is 12.1 Å². The summed E-state index contributed by atoms with van der Waals surface area (Å²) in [6.45, 7) is -0.186. The minimum Gasteiger partial charge on any atom is -0.452 e. The van der Waals surface area contributed by atoms with Crippen LogP contribution in [0.4, 0.5) is 13.2 Å². The third-order valence-corrected chi connectivity index (χ3v) is 2.99. The van der Waals surface area contributed by atoms with Gasteiger partial charge in [-0.2, -0.15) is 0 Å². The third-order valence-electron chi connectivity index (χ3n) is 2.99. The molecule has 3 rings (SSSR count). The lowest BCUT2D eigenvalue weighted by atomic mass is 10.2. The number of aromatic nitrogens is 1. The highest BCUT2D eigenvalue weighted by molar-refractivity contribution is 5.89. The zero-order chi connectivity index (χ0) is 17.2. The number of nitrogens with zero attached hydrogens (tertiary/aromatic N) is 1. The Bertz CT molecular complexity index is 823. The van der Waals surface area contributed by atoms with Crippen molar-refractivity contribution < 1.29 is 31.9 Å². The van der Waals surface area contributed by atoms with Crippen molar-refractivity contribution in [2.45, 2.75) is 13.0 Å². The lowest BCUT2D eigenvalue weighted by Crippen LogP contribution is -2.17. The topological polar surface area (TPSA) is 61.6 Å².